The zero-order valence-corrected chi connectivity index (χ0v) is 23.0. The molecule has 5 aromatic carbocycles. The number of pyridine rings is 2. The summed E-state index contributed by atoms with van der Waals surface area (Å²) in [6, 6.07) is 41.5. The van der Waals surface area contributed by atoms with Gasteiger partial charge in [0.25, 0.3) is 0 Å². The number of imidazole rings is 1. The molecule has 0 fully saturated rings. The summed E-state index contributed by atoms with van der Waals surface area (Å²) in [5.41, 5.74) is 9.07. The molecule has 0 unspecified atom stereocenters. The van der Waals surface area contributed by atoms with Crippen molar-refractivity contribution in [3.63, 3.8) is 0 Å². The third kappa shape index (κ3) is 2.95. The molecule has 5 nitrogen and oxygen atoms in total. The van der Waals surface area contributed by atoms with Crippen molar-refractivity contribution in [1.82, 2.24) is 23.5 Å². The minimum Gasteiger partial charge on any atom is -0.309 e. The number of hydrogen-bond donors (Lipinski definition) is 0. The van der Waals surface area contributed by atoms with Gasteiger partial charge in [-0.3, -0.25) is 9.38 Å². The van der Waals surface area contributed by atoms with Crippen molar-refractivity contribution in [3.8, 4) is 11.4 Å². The van der Waals surface area contributed by atoms with Crippen LogP contribution in [-0.4, -0.2) is 23.5 Å². The van der Waals surface area contributed by atoms with E-state index in [4.69, 9.17) is 4.98 Å². The van der Waals surface area contributed by atoms with Crippen molar-refractivity contribution in [2.24, 2.45) is 0 Å². The first-order valence-corrected chi connectivity index (χ1v) is 14.5. The average Bonchev–Trinajstić information content (AvgIpc) is 3.77. The second kappa shape index (κ2) is 8.30. The summed E-state index contributed by atoms with van der Waals surface area (Å²) in [5, 5.41) is 8.29. The maximum atomic E-state index is 4.80. The Hall–Kier alpha value is -5.94. The lowest BCUT2D eigenvalue weighted by Crippen LogP contribution is -1.98. The molecule has 0 radical (unpaired) electrons. The maximum Gasteiger partial charge on any atom is 0.145 e. The lowest BCUT2D eigenvalue weighted by molar-refractivity contribution is 1.16. The first-order valence-electron chi connectivity index (χ1n) is 14.5. The van der Waals surface area contributed by atoms with Gasteiger partial charge in [0.2, 0.25) is 0 Å². The molecule has 5 heteroatoms. The molecule has 5 aromatic heterocycles. The maximum absolute atomic E-state index is 4.80. The van der Waals surface area contributed by atoms with Gasteiger partial charge in [0.05, 0.1) is 27.6 Å². The van der Waals surface area contributed by atoms with E-state index >= 15 is 0 Å². The van der Waals surface area contributed by atoms with Crippen molar-refractivity contribution < 1.29 is 0 Å². The SMILES string of the molecule is c1ccc(-n2c3ccccc3c3cc4c5ccc6c7cnccc7c7nccn7c6c5n(-c5ccccc5)c4cc32)cc1. The van der Waals surface area contributed by atoms with E-state index in [9.17, 15) is 0 Å². The summed E-state index contributed by atoms with van der Waals surface area (Å²) < 4.78 is 7.07. The largest absolute Gasteiger partial charge is 0.309 e. The van der Waals surface area contributed by atoms with Crippen LogP contribution in [0.5, 0.6) is 0 Å². The molecule has 0 aliphatic carbocycles. The van der Waals surface area contributed by atoms with Gasteiger partial charge in [-0.1, -0.05) is 66.7 Å². The fourth-order valence-electron chi connectivity index (χ4n) is 7.20. The van der Waals surface area contributed by atoms with Gasteiger partial charge >= 0.3 is 0 Å². The highest BCUT2D eigenvalue weighted by molar-refractivity contribution is 6.26. The van der Waals surface area contributed by atoms with Crippen molar-refractivity contribution in [2.75, 3.05) is 0 Å². The Bertz CT molecular complexity index is 2710. The number of nitrogens with zero attached hydrogens (tertiary/aromatic N) is 5. The van der Waals surface area contributed by atoms with E-state index in [0.29, 0.717) is 0 Å². The summed E-state index contributed by atoms with van der Waals surface area (Å²) in [7, 11) is 0. The molecule has 0 bridgehead atoms. The lowest BCUT2D eigenvalue weighted by atomic mass is 10.0. The fourth-order valence-corrected chi connectivity index (χ4v) is 7.20. The quantitative estimate of drug-likeness (QED) is 0.202. The standard InChI is InChI=1S/C38H23N5/c1-3-9-24(10-4-1)42-33-14-8-7-13-26(33)30-21-31-27-15-16-28-32-23-39-18-17-29(32)38-40-19-20-41(38)36(28)37(27)43(35(31)22-34(30)42)25-11-5-2-6-12-25/h1-23H. The normalized spacial score (nSPS) is 12.2. The molecule has 0 aliphatic rings. The van der Waals surface area contributed by atoms with E-state index in [1.807, 2.05) is 18.6 Å². The van der Waals surface area contributed by atoms with E-state index in [0.717, 1.165) is 44.2 Å². The Labute approximate surface area is 245 Å². The number of para-hydroxylation sites is 3. The topological polar surface area (TPSA) is 40.1 Å². The van der Waals surface area contributed by atoms with Crippen LogP contribution in [-0.2, 0) is 0 Å². The molecular formula is C38H23N5. The number of hydrogen-bond acceptors (Lipinski definition) is 2. The summed E-state index contributed by atoms with van der Waals surface area (Å²) in [6.45, 7) is 0. The Kier molecular flexibility index (Phi) is 4.39. The number of aromatic nitrogens is 5. The molecule has 0 spiro atoms. The van der Waals surface area contributed by atoms with Crippen LogP contribution in [0.25, 0.3) is 82.3 Å². The first kappa shape index (κ1) is 22.7. The van der Waals surface area contributed by atoms with E-state index in [-0.39, 0.29) is 0 Å². The van der Waals surface area contributed by atoms with Gasteiger partial charge in [0.1, 0.15) is 5.65 Å². The van der Waals surface area contributed by atoms with Crippen LogP contribution in [0.2, 0.25) is 0 Å². The molecule has 0 saturated carbocycles. The van der Waals surface area contributed by atoms with Gasteiger partial charge in [-0.15, -0.1) is 0 Å². The van der Waals surface area contributed by atoms with E-state index in [1.54, 1.807) is 0 Å². The van der Waals surface area contributed by atoms with Crippen LogP contribution in [0.15, 0.2) is 140 Å². The monoisotopic (exact) mass is 549 g/mol. The molecule has 10 aromatic rings. The molecule has 5 heterocycles. The van der Waals surface area contributed by atoms with E-state index in [2.05, 4.69) is 140 Å². The second-order valence-corrected chi connectivity index (χ2v) is 11.1. The highest BCUT2D eigenvalue weighted by atomic mass is 15.0. The third-order valence-electron chi connectivity index (χ3n) is 8.96. The van der Waals surface area contributed by atoms with E-state index in [1.165, 1.54) is 38.1 Å². The van der Waals surface area contributed by atoms with Crippen molar-refractivity contribution in [3.05, 3.63) is 140 Å². The number of fused-ring (bicyclic) bond motifs is 13. The molecule has 10 rings (SSSR count). The Morgan fingerprint density at radius 2 is 1.12 bits per heavy atom. The zero-order chi connectivity index (χ0) is 28.1. The van der Waals surface area contributed by atoms with Crippen LogP contribution >= 0.6 is 0 Å². The zero-order valence-electron chi connectivity index (χ0n) is 23.0. The molecule has 0 saturated heterocycles. The number of rotatable bonds is 2. The summed E-state index contributed by atoms with van der Waals surface area (Å²) in [6.07, 6.45) is 7.79. The Balaban J connectivity index is 1.48. The van der Waals surface area contributed by atoms with E-state index < -0.39 is 0 Å². The van der Waals surface area contributed by atoms with Gasteiger partial charge < -0.3 is 9.13 Å². The first-order chi connectivity index (χ1) is 21.4. The third-order valence-corrected chi connectivity index (χ3v) is 8.96. The van der Waals surface area contributed by atoms with Gasteiger partial charge in [-0.25, -0.2) is 4.98 Å². The van der Waals surface area contributed by atoms with Gasteiger partial charge in [0, 0.05) is 73.9 Å². The molecule has 43 heavy (non-hydrogen) atoms. The summed E-state index contributed by atoms with van der Waals surface area (Å²) in [4.78, 5) is 9.31. The minimum absolute atomic E-state index is 0.939. The molecule has 200 valence electrons. The van der Waals surface area contributed by atoms with Gasteiger partial charge in [-0.2, -0.15) is 0 Å². The van der Waals surface area contributed by atoms with Gasteiger partial charge in [0.15, 0.2) is 0 Å². The van der Waals surface area contributed by atoms with Crippen molar-refractivity contribution >= 4 is 70.9 Å². The number of benzene rings is 5. The summed E-state index contributed by atoms with van der Waals surface area (Å²) >= 11 is 0. The second-order valence-electron chi connectivity index (χ2n) is 11.1. The van der Waals surface area contributed by atoms with Crippen LogP contribution in [0.4, 0.5) is 0 Å². The Morgan fingerprint density at radius 1 is 0.442 bits per heavy atom. The van der Waals surface area contributed by atoms with Crippen LogP contribution in [0.1, 0.15) is 0 Å². The lowest BCUT2D eigenvalue weighted by Gasteiger charge is -2.13. The molecule has 0 atom stereocenters. The average molecular weight is 550 g/mol. The van der Waals surface area contributed by atoms with Crippen molar-refractivity contribution in [2.45, 2.75) is 0 Å². The van der Waals surface area contributed by atoms with Crippen LogP contribution < -0.4 is 0 Å². The molecule has 0 amide bonds. The predicted molar refractivity (Wildman–Crippen MR) is 177 cm³/mol. The Morgan fingerprint density at radius 3 is 1.93 bits per heavy atom. The molecule has 0 aliphatic heterocycles. The smallest absolute Gasteiger partial charge is 0.145 e. The van der Waals surface area contributed by atoms with Crippen LogP contribution in [0.3, 0.4) is 0 Å². The van der Waals surface area contributed by atoms with Crippen molar-refractivity contribution in [1.29, 1.82) is 0 Å². The molecular weight excluding hydrogens is 526 g/mol. The van der Waals surface area contributed by atoms with Gasteiger partial charge in [-0.05, 0) is 48.5 Å². The highest BCUT2D eigenvalue weighted by Gasteiger charge is 2.22. The summed E-state index contributed by atoms with van der Waals surface area (Å²) in [5.74, 6) is 0. The predicted octanol–water partition coefficient (Wildman–Crippen LogP) is 9.23. The minimum atomic E-state index is 0.939. The highest BCUT2D eigenvalue weighted by Crippen LogP contribution is 2.42. The fraction of sp³-hybridized carbons (Fsp3) is 0. The molecule has 0 N–H and O–H groups in total. The van der Waals surface area contributed by atoms with Crippen LogP contribution in [0, 0.1) is 0 Å².